The molecule has 0 aliphatic rings. The van der Waals surface area contributed by atoms with E-state index in [1.165, 1.54) is 31.2 Å². The van der Waals surface area contributed by atoms with E-state index in [0.29, 0.717) is 5.39 Å². The smallest absolute Gasteiger partial charge is 0.418 e. The molecule has 0 radical (unpaired) electrons. The van der Waals surface area contributed by atoms with Gasteiger partial charge in [0.05, 0.1) is 11.3 Å². The molecule has 0 fully saturated rings. The summed E-state index contributed by atoms with van der Waals surface area (Å²) in [5.41, 5.74) is -1.56. The quantitative estimate of drug-likeness (QED) is 0.692. The third kappa shape index (κ3) is 4.28. The zero-order chi connectivity index (χ0) is 19.6. The topological polar surface area (TPSA) is 68.5 Å². The average molecular weight is 377 g/mol. The first-order chi connectivity index (χ1) is 12.7. The summed E-state index contributed by atoms with van der Waals surface area (Å²) < 4.78 is 49.5. The number of fused-ring (bicyclic) bond motifs is 1. The van der Waals surface area contributed by atoms with E-state index in [9.17, 15) is 22.8 Å². The van der Waals surface area contributed by atoms with Gasteiger partial charge in [0.25, 0.3) is 5.91 Å². The Balaban J connectivity index is 1.76. The van der Waals surface area contributed by atoms with Crippen molar-refractivity contribution in [2.24, 2.45) is 0 Å². The van der Waals surface area contributed by atoms with Crippen LogP contribution in [0.4, 0.5) is 18.9 Å². The van der Waals surface area contributed by atoms with Crippen LogP contribution in [-0.2, 0) is 11.0 Å². The summed E-state index contributed by atoms with van der Waals surface area (Å²) in [6, 6.07) is 12.2. The zero-order valence-corrected chi connectivity index (χ0v) is 14.0. The number of carbonyl (C=O) groups is 1. The van der Waals surface area contributed by atoms with Gasteiger partial charge in [-0.25, -0.2) is 4.79 Å². The Morgan fingerprint density at radius 1 is 1.11 bits per heavy atom. The molecule has 5 nitrogen and oxygen atoms in total. The molecule has 3 aromatic rings. The Kier molecular flexibility index (Phi) is 4.89. The lowest BCUT2D eigenvalue weighted by atomic mass is 10.1. The number of benzene rings is 2. The van der Waals surface area contributed by atoms with Gasteiger partial charge < -0.3 is 14.5 Å². The monoisotopic (exact) mass is 377 g/mol. The number of carbonyl (C=O) groups excluding carboxylic acids is 1. The summed E-state index contributed by atoms with van der Waals surface area (Å²) >= 11 is 0. The minimum absolute atomic E-state index is 0.239. The molecule has 140 valence electrons. The lowest BCUT2D eigenvalue weighted by Crippen LogP contribution is -2.31. The van der Waals surface area contributed by atoms with Gasteiger partial charge in [0.15, 0.2) is 6.10 Å². The molecule has 3 rings (SSSR count). The summed E-state index contributed by atoms with van der Waals surface area (Å²) in [6.07, 6.45) is -5.68. The second-order valence-electron chi connectivity index (χ2n) is 5.75. The highest BCUT2D eigenvalue weighted by Crippen LogP contribution is 2.34. The van der Waals surface area contributed by atoms with Gasteiger partial charge in [-0.1, -0.05) is 12.1 Å². The molecule has 27 heavy (non-hydrogen) atoms. The number of nitrogens with one attached hydrogen (secondary N) is 1. The molecule has 1 aromatic heterocycles. The van der Waals surface area contributed by atoms with Crippen LogP contribution in [0.1, 0.15) is 12.5 Å². The van der Waals surface area contributed by atoms with Crippen LogP contribution in [0.25, 0.3) is 11.0 Å². The van der Waals surface area contributed by atoms with Crippen LogP contribution in [-0.4, -0.2) is 12.0 Å². The fourth-order valence-electron chi connectivity index (χ4n) is 2.45. The first-order valence-electron chi connectivity index (χ1n) is 7.92. The van der Waals surface area contributed by atoms with Crippen molar-refractivity contribution in [1.29, 1.82) is 0 Å². The molecule has 0 aliphatic carbocycles. The van der Waals surface area contributed by atoms with Crippen LogP contribution < -0.4 is 15.7 Å². The van der Waals surface area contributed by atoms with Crippen molar-refractivity contribution in [2.75, 3.05) is 5.32 Å². The molecule has 0 spiro atoms. The summed E-state index contributed by atoms with van der Waals surface area (Å²) in [5.74, 6) is -0.509. The number of para-hydroxylation sites is 1. The second-order valence-corrected chi connectivity index (χ2v) is 5.75. The van der Waals surface area contributed by atoms with Crippen LogP contribution in [0.15, 0.2) is 63.8 Å². The molecular formula is C19H14F3NO4. The number of alkyl halides is 3. The molecule has 8 heteroatoms. The van der Waals surface area contributed by atoms with Crippen molar-refractivity contribution < 1.29 is 27.1 Å². The lowest BCUT2D eigenvalue weighted by Gasteiger charge is -2.17. The van der Waals surface area contributed by atoms with Gasteiger partial charge >= 0.3 is 11.8 Å². The van der Waals surface area contributed by atoms with E-state index < -0.39 is 29.4 Å². The molecule has 1 heterocycles. The van der Waals surface area contributed by atoms with Crippen molar-refractivity contribution in [3.8, 4) is 5.75 Å². The van der Waals surface area contributed by atoms with Gasteiger partial charge in [-0.15, -0.1) is 0 Å². The summed E-state index contributed by atoms with van der Waals surface area (Å²) in [5, 5.41) is 2.89. The summed E-state index contributed by atoms with van der Waals surface area (Å²) in [4.78, 5) is 23.5. The number of halogens is 3. The highest BCUT2D eigenvalue weighted by Gasteiger charge is 2.34. The molecular weight excluding hydrogens is 363 g/mol. The molecule has 2 aromatic carbocycles. The molecule has 0 aliphatic heterocycles. The number of hydrogen-bond acceptors (Lipinski definition) is 4. The Bertz CT molecular complexity index is 1040. The van der Waals surface area contributed by atoms with Crippen molar-refractivity contribution in [1.82, 2.24) is 0 Å². The third-order valence-electron chi connectivity index (χ3n) is 3.77. The Labute approximate surface area is 151 Å². The molecule has 1 amide bonds. The predicted octanol–water partition coefficient (Wildman–Crippen LogP) is 4.22. The average Bonchev–Trinajstić information content (AvgIpc) is 2.60. The van der Waals surface area contributed by atoms with Crippen molar-refractivity contribution in [3.05, 3.63) is 70.6 Å². The van der Waals surface area contributed by atoms with Gasteiger partial charge in [0, 0.05) is 17.5 Å². The van der Waals surface area contributed by atoms with Gasteiger partial charge in [-0.3, -0.25) is 4.79 Å². The highest BCUT2D eigenvalue weighted by molar-refractivity contribution is 5.95. The van der Waals surface area contributed by atoms with Crippen LogP contribution in [0, 0.1) is 0 Å². The number of amides is 1. The Morgan fingerprint density at radius 2 is 1.81 bits per heavy atom. The van der Waals surface area contributed by atoms with Crippen LogP contribution in [0.5, 0.6) is 5.75 Å². The predicted molar refractivity (Wildman–Crippen MR) is 92.6 cm³/mol. The van der Waals surface area contributed by atoms with E-state index in [1.54, 1.807) is 18.2 Å². The number of hydrogen-bond donors (Lipinski definition) is 1. The summed E-state index contributed by atoms with van der Waals surface area (Å²) in [7, 11) is 0. The van der Waals surface area contributed by atoms with Crippen molar-refractivity contribution in [3.63, 3.8) is 0 Å². The highest BCUT2D eigenvalue weighted by atomic mass is 19.4. The molecule has 1 atom stereocenters. The molecule has 1 unspecified atom stereocenters. The molecule has 0 saturated heterocycles. The molecule has 0 saturated carbocycles. The molecule has 1 N–H and O–H groups in total. The number of anilines is 1. The van der Waals surface area contributed by atoms with Gasteiger partial charge in [-0.05, 0) is 37.3 Å². The summed E-state index contributed by atoms with van der Waals surface area (Å²) in [6.45, 7) is 1.40. The van der Waals surface area contributed by atoms with E-state index in [2.05, 4.69) is 5.32 Å². The van der Waals surface area contributed by atoms with Gasteiger partial charge in [0.2, 0.25) is 0 Å². The van der Waals surface area contributed by atoms with E-state index in [4.69, 9.17) is 9.15 Å². The largest absolute Gasteiger partial charge is 0.481 e. The Hall–Kier alpha value is -3.29. The SMILES string of the molecule is CC(Oc1ccc2ccc(=O)oc2c1)C(=O)Nc1ccccc1C(F)(F)F. The van der Waals surface area contributed by atoms with Crippen molar-refractivity contribution >= 4 is 22.6 Å². The fourth-order valence-corrected chi connectivity index (χ4v) is 2.45. The van der Waals surface area contributed by atoms with Crippen LogP contribution in [0.3, 0.4) is 0 Å². The van der Waals surface area contributed by atoms with Gasteiger partial charge in [0.1, 0.15) is 11.3 Å². The second kappa shape index (κ2) is 7.14. The van der Waals surface area contributed by atoms with E-state index >= 15 is 0 Å². The maximum Gasteiger partial charge on any atom is 0.418 e. The first kappa shape index (κ1) is 18.5. The van der Waals surface area contributed by atoms with Crippen molar-refractivity contribution in [2.45, 2.75) is 19.2 Å². The molecule has 0 bridgehead atoms. The fraction of sp³-hybridized carbons (Fsp3) is 0.158. The maximum absolute atomic E-state index is 13.0. The van der Waals surface area contributed by atoms with Gasteiger partial charge in [-0.2, -0.15) is 13.2 Å². The number of ether oxygens (including phenoxy) is 1. The lowest BCUT2D eigenvalue weighted by molar-refractivity contribution is -0.137. The standard InChI is InChI=1S/C19H14F3NO4/c1-11(18(25)23-15-5-3-2-4-14(15)19(20,21)22)26-13-8-6-12-7-9-17(24)27-16(12)10-13/h2-11H,1H3,(H,23,25). The minimum atomic E-state index is -4.59. The van der Waals surface area contributed by atoms with Crippen LogP contribution >= 0.6 is 0 Å². The van der Waals surface area contributed by atoms with E-state index in [1.807, 2.05) is 0 Å². The normalized spacial score (nSPS) is 12.6. The maximum atomic E-state index is 13.0. The number of rotatable bonds is 4. The Morgan fingerprint density at radius 3 is 2.56 bits per heavy atom. The zero-order valence-electron chi connectivity index (χ0n) is 14.0. The van der Waals surface area contributed by atoms with E-state index in [0.717, 1.165) is 12.1 Å². The first-order valence-corrected chi connectivity index (χ1v) is 7.92. The third-order valence-corrected chi connectivity index (χ3v) is 3.77. The minimum Gasteiger partial charge on any atom is -0.481 e. The van der Waals surface area contributed by atoms with E-state index in [-0.39, 0.29) is 17.0 Å². The van der Waals surface area contributed by atoms with Crippen LogP contribution in [0.2, 0.25) is 0 Å².